The first kappa shape index (κ1) is 11.9. The fraction of sp³-hybridized carbons (Fsp3) is 1.00. The molecule has 0 rings (SSSR count). The fourth-order valence-corrected chi connectivity index (χ4v) is 1.81. The van der Waals surface area contributed by atoms with Crippen LogP contribution < -0.4 is 0 Å². The van der Waals surface area contributed by atoms with Crippen LogP contribution in [-0.2, 0) is 16.3 Å². The minimum Gasteiger partial charge on any atom is -0.337 e. The van der Waals surface area contributed by atoms with Crippen molar-refractivity contribution in [3.63, 3.8) is 0 Å². The highest BCUT2D eigenvalue weighted by molar-refractivity contribution is 8.67. The molecule has 5 heteroatoms. The van der Waals surface area contributed by atoms with Crippen LogP contribution in [0.4, 0.5) is 0 Å². The summed E-state index contributed by atoms with van der Waals surface area (Å²) in [6.07, 6.45) is 5.08. The molecule has 68 valence electrons. The van der Waals surface area contributed by atoms with Crippen LogP contribution in [0.1, 0.15) is 26.2 Å². The smallest absolute Gasteiger partial charge is 0.244 e. The number of rotatable bonds is 6. The Bertz CT molecular complexity index is 141. The molecule has 0 bridgehead atoms. The summed E-state index contributed by atoms with van der Waals surface area (Å²) >= 11 is 6.05. The molecule has 0 aromatic heterocycles. The van der Waals surface area contributed by atoms with Gasteiger partial charge in [-0.05, 0) is 24.5 Å². The molecule has 1 unspecified atom stereocenters. The third kappa shape index (κ3) is 7.29. The van der Waals surface area contributed by atoms with Crippen LogP contribution in [0.5, 0.6) is 0 Å². The van der Waals surface area contributed by atoms with Crippen LogP contribution in [0.25, 0.3) is 0 Å². The van der Waals surface area contributed by atoms with Crippen LogP contribution in [0.15, 0.2) is 0 Å². The molecule has 0 aliphatic rings. The van der Waals surface area contributed by atoms with Crippen molar-refractivity contribution in [1.82, 2.24) is 0 Å². The molecule has 0 spiro atoms. The first-order valence-electron chi connectivity index (χ1n) is 3.65. The maximum atomic E-state index is 9.29. The maximum Gasteiger partial charge on any atom is 0.244 e. The second-order valence-corrected chi connectivity index (χ2v) is 8.51. The summed E-state index contributed by atoms with van der Waals surface area (Å²) in [7, 11) is 0. The maximum absolute atomic E-state index is 9.29. The lowest BCUT2D eigenvalue weighted by Gasteiger charge is -2.11. The van der Waals surface area contributed by atoms with E-state index in [-0.39, 0.29) is 0 Å². The molecule has 0 saturated carbocycles. The molecule has 0 heterocycles. The van der Waals surface area contributed by atoms with Gasteiger partial charge in [0.25, 0.3) is 0 Å². The summed E-state index contributed by atoms with van der Waals surface area (Å²) < 4.78 is 5.13. The molecule has 1 N–H and O–H groups in total. The van der Waals surface area contributed by atoms with Crippen molar-refractivity contribution >= 4 is 28.9 Å². The Balaban J connectivity index is 3.31. The van der Waals surface area contributed by atoms with Gasteiger partial charge in [0.05, 0.1) is 6.61 Å². The summed E-state index contributed by atoms with van der Waals surface area (Å²) in [5.74, 6) is 0. The number of unbranched alkanes of at least 4 members (excludes halogenated alkanes) is 2. The van der Waals surface area contributed by atoms with Crippen LogP contribution >= 0.6 is 17.1 Å². The van der Waals surface area contributed by atoms with E-state index in [2.05, 4.69) is 6.92 Å². The molecule has 0 aromatic rings. The minimum atomic E-state index is -2.46. The highest BCUT2D eigenvalue weighted by Gasteiger charge is 2.09. The van der Waals surface area contributed by atoms with Gasteiger partial charge in [0.1, 0.15) is 0 Å². The van der Waals surface area contributed by atoms with Crippen molar-refractivity contribution in [3.05, 3.63) is 0 Å². The Morgan fingerprint density at radius 2 is 2.18 bits per heavy atom. The average Bonchev–Trinajstić information content (AvgIpc) is 1.99. The molecule has 0 aliphatic carbocycles. The number of hydrogen-bond acceptors (Lipinski definition) is 3. The lowest BCUT2D eigenvalue weighted by molar-refractivity contribution is 0.309. The highest BCUT2D eigenvalue weighted by atomic mass is 32.9. The van der Waals surface area contributed by atoms with Gasteiger partial charge >= 0.3 is 0 Å². The van der Waals surface area contributed by atoms with Gasteiger partial charge in [0.15, 0.2) is 0 Å². The molecule has 2 nitrogen and oxygen atoms in total. The predicted molar refractivity (Wildman–Crippen MR) is 55.5 cm³/mol. The van der Waals surface area contributed by atoms with E-state index < -0.39 is 5.69 Å². The molecular weight excluding hydrogens is 199 g/mol. The molecule has 0 radical (unpaired) electrons. The van der Waals surface area contributed by atoms with E-state index in [9.17, 15) is 4.89 Å². The molecule has 0 aromatic carbocycles. The van der Waals surface area contributed by atoms with Gasteiger partial charge < -0.3 is 9.42 Å². The first-order chi connectivity index (χ1) is 5.12. The zero-order chi connectivity index (χ0) is 8.74. The van der Waals surface area contributed by atoms with Crippen molar-refractivity contribution in [2.75, 3.05) is 12.9 Å². The van der Waals surface area contributed by atoms with Crippen LogP contribution in [0.3, 0.4) is 0 Å². The zero-order valence-electron chi connectivity index (χ0n) is 6.95. The van der Waals surface area contributed by atoms with Crippen LogP contribution in [0.2, 0.25) is 0 Å². The van der Waals surface area contributed by atoms with Gasteiger partial charge in [-0.1, -0.05) is 31.1 Å². The van der Waals surface area contributed by atoms with Gasteiger partial charge in [-0.3, -0.25) is 0 Å². The van der Waals surface area contributed by atoms with Gasteiger partial charge in [0.2, 0.25) is 5.69 Å². The lowest BCUT2D eigenvalue weighted by atomic mass is 10.3. The summed E-state index contributed by atoms with van der Waals surface area (Å²) in [4.78, 5) is 9.29. The SMILES string of the molecule is CCCCCOP(O)(=S)SC. The van der Waals surface area contributed by atoms with Gasteiger partial charge in [0, 0.05) is 0 Å². The molecule has 1 atom stereocenters. The molecule has 0 saturated heterocycles. The lowest BCUT2D eigenvalue weighted by Crippen LogP contribution is -1.89. The second-order valence-electron chi connectivity index (χ2n) is 2.19. The zero-order valence-corrected chi connectivity index (χ0v) is 9.48. The van der Waals surface area contributed by atoms with Crippen molar-refractivity contribution < 1.29 is 9.42 Å². The van der Waals surface area contributed by atoms with E-state index in [1.54, 1.807) is 6.26 Å². The highest BCUT2D eigenvalue weighted by Crippen LogP contribution is 2.54. The molecule has 0 aliphatic heterocycles. The standard InChI is InChI=1S/C6H15O2PS2/c1-3-4-5-6-8-9(7,10)11-2/h3-6H2,1-2H3,(H,7,10). The topological polar surface area (TPSA) is 29.5 Å². The quantitative estimate of drug-likeness (QED) is 0.544. The summed E-state index contributed by atoms with van der Waals surface area (Å²) in [5, 5.41) is 0. The predicted octanol–water partition coefficient (Wildman–Crippen LogP) is 2.77. The Labute approximate surface area is 77.6 Å². The summed E-state index contributed by atoms with van der Waals surface area (Å²) in [6.45, 7) is 2.73. The third-order valence-electron chi connectivity index (χ3n) is 1.23. The van der Waals surface area contributed by atoms with E-state index in [0.29, 0.717) is 6.61 Å². The van der Waals surface area contributed by atoms with E-state index >= 15 is 0 Å². The summed E-state index contributed by atoms with van der Waals surface area (Å²) in [5.41, 5.74) is -2.46. The van der Waals surface area contributed by atoms with Crippen LogP contribution in [-0.4, -0.2) is 17.8 Å². The van der Waals surface area contributed by atoms with Crippen molar-refractivity contribution in [3.8, 4) is 0 Å². The Morgan fingerprint density at radius 1 is 1.55 bits per heavy atom. The third-order valence-corrected chi connectivity index (χ3v) is 5.56. The minimum absolute atomic E-state index is 0.600. The fourth-order valence-electron chi connectivity index (χ4n) is 0.585. The summed E-state index contributed by atoms with van der Waals surface area (Å²) in [6, 6.07) is 0. The monoisotopic (exact) mass is 214 g/mol. The molecular formula is C6H15O2PS2. The molecule has 11 heavy (non-hydrogen) atoms. The van der Waals surface area contributed by atoms with E-state index in [0.717, 1.165) is 19.3 Å². The Kier molecular flexibility index (Phi) is 6.98. The average molecular weight is 214 g/mol. The van der Waals surface area contributed by atoms with E-state index in [1.165, 1.54) is 11.4 Å². The van der Waals surface area contributed by atoms with E-state index in [4.69, 9.17) is 16.3 Å². The van der Waals surface area contributed by atoms with Crippen LogP contribution in [0, 0.1) is 0 Å². The van der Waals surface area contributed by atoms with Gasteiger partial charge in [-0.15, -0.1) is 0 Å². The molecule has 0 fully saturated rings. The van der Waals surface area contributed by atoms with Crippen molar-refractivity contribution in [2.24, 2.45) is 0 Å². The van der Waals surface area contributed by atoms with E-state index in [1.807, 2.05) is 0 Å². The van der Waals surface area contributed by atoms with Gasteiger partial charge in [-0.25, -0.2) is 0 Å². The number of hydrogen-bond donors (Lipinski definition) is 1. The first-order valence-corrected chi connectivity index (χ1v) is 8.15. The second kappa shape index (κ2) is 6.44. The Hall–Kier alpha value is 0.920. The van der Waals surface area contributed by atoms with Crippen molar-refractivity contribution in [1.29, 1.82) is 0 Å². The Morgan fingerprint density at radius 3 is 2.64 bits per heavy atom. The molecule has 0 amide bonds. The van der Waals surface area contributed by atoms with Crippen molar-refractivity contribution in [2.45, 2.75) is 26.2 Å². The normalized spacial score (nSPS) is 16.3. The van der Waals surface area contributed by atoms with Gasteiger partial charge in [-0.2, -0.15) is 0 Å². The largest absolute Gasteiger partial charge is 0.337 e.